The molecule has 0 N–H and O–H groups in total. The molecule has 14 heavy (non-hydrogen) atoms. The van der Waals surface area contributed by atoms with Crippen molar-refractivity contribution in [3.05, 3.63) is 35.4 Å². The van der Waals surface area contributed by atoms with Gasteiger partial charge in [-0.3, -0.25) is 0 Å². The Balaban J connectivity index is 2.54. The van der Waals surface area contributed by atoms with Crippen LogP contribution in [0.4, 0.5) is 0 Å². The predicted octanol–water partition coefficient (Wildman–Crippen LogP) is 3.37. The maximum atomic E-state index is 9.14. The number of aryl methyl sites for hydroxylation is 1. The molecule has 0 aliphatic heterocycles. The Kier molecular flexibility index (Phi) is 2.48. The van der Waals surface area contributed by atoms with Crippen molar-refractivity contribution in [3.63, 3.8) is 0 Å². The van der Waals surface area contributed by atoms with Crippen LogP contribution >= 0.6 is 11.6 Å². The smallest absolute Gasteiger partial charge is 0.156 e. The molecular formula is C12H12ClN. The molecule has 1 aromatic carbocycles. The van der Waals surface area contributed by atoms with E-state index < -0.39 is 4.87 Å². The summed E-state index contributed by atoms with van der Waals surface area (Å²) in [6, 6.07) is 10.3. The van der Waals surface area contributed by atoms with Crippen molar-refractivity contribution in [1.29, 1.82) is 5.26 Å². The molecule has 1 atom stereocenters. The first-order valence-electron chi connectivity index (χ1n) is 4.95. The van der Waals surface area contributed by atoms with Gasteiger partial charge in [-0.1, -0.05) is 35.9 Å². The minimum Gasteiger partial charge on any atom is -0.196 e. The molecule has 0 spiro atoms. The van der Waals surface area contributed by atoms with E-state index in [1.165, 1.54) is 5.56 Å². The van der Waals surface area contributed by atoms with Gasteiger partial charge in [0.25, 0.3) is 0 Å². The summed E-state index contributed by atoms with van der Waals surface area (Å²) in [5, 5.41) is 9.14. The lowest BCUT2D eigenvalue weighted by atomic mass is 9.93. The SMILES string of the molecule is N#CC1(Cl)CCCCc2ccccc21. The number of fused-ring (bicyclic) bond motifs is 1. The Morgan fingerprint density at radius 3 is 2.86 bits per heavy atom. The molecule has 0 bridgehead atoms. The Morgan fingerprint density at radius 1 is 1.29 bits per heavy atom. The third-order valence-corrected chi connectivity index (χ3v) is 3.32. The normalized spacial score (nSPS) is 26.0. The van der Waals surface area contributed by atoms with Crippen LogP contribution in [0.3, 0.4) is 0 Å². The molecule has 2 heteroatoms. The minimum absolute atomic E-state index is 0.766. The lowest BCUT2D eigenvalue weighted by Gasteiger charge is -2.19. The van der Waals surface area contributed by atoms with Crippen molar-refractivity contribution in [1.82, 2.24) is 0 Å². The molecule has 72 valence electrons. The Hall–Kier alpha value is -1.00. The summed E-state index contributed by atoms with van der Waals surface area (Å²) in [6.07, 6.45) is 3.98. The van der Waals surface area contributed by atoms with Gasteiger partial charge in [-0.2, -0.15) is 5.26 Å². The average Bonchev–Trinajstić information content (AvgIpc) is 2.40. The van der Waals surface area contributed by atoms with Crippen molar-refractivity contribution >= 4 is 11.6 Å². The fraction of sp³-hybridized carbons (Fsp3) is 0.417. The van der Waals surface area contributed by atoms with Crippen molar-refractivity contribution in [2.24, 2.45) is 0 Å². The Bertz CT molecular complexity index is 380. The highest BCUT2D eigenvalue weighted by atomic mass is 35.5. The molecule has 0 saturated heterocycles. The number of halogens is 1. The topological polar surface area (TPSA) is 23.8 Å². The van der Waals surface area contributed by atoms with E-state index in [0.717, 1.165) is 31.2 Å². The molecule has 0 saturated carbocycles. The molecule has 0 heterocycles. The third-order valence-electron chi connectivity index (χ3n) is 2.84. The maximum Gasteiger partial charge on any atom is 0.156 e. The van der Waals surface area contributed by atoms with Crippen LogP contribution < -0.4 is 0 Å². The quantitative estimate of drug-likeness (QED) is 0.471. The summed E-state index contributed by atoms with van der Waals surface area (Å²) in [4.78, 5) is -0.785. The number of alkyl halides is 1. The minimum atomic E-state index is -0.785. The molecule has 1 nitrogen and oxygen atoms in total. The van der Waals surface area contributed by atoms with E-state index in [1.54, 1.807) is 0 Å². The summed E-state index contributed by atoms with van der Waals surface area (Å²) >= 11 is 6.33. The molecule has 0 aromatic heterocycles. The van der Waals surface area contributed by atoms with E-state index in [2.05, 4.69) is 12.1 Å². The second-order valence-electron chi connectivity index (χ2n) is 3.78. The first-order valence-corrected chi connectivity index (χ1v) is 5.33. The van der Waals surface area contributed by atoms with E-state index in [-0.39, 0.29) is 0 Å². The van der Waals surface area contributed by atoms with Gasteiger partial charge in [0.1, 0.15) is 0 Å². The lowest BCUT2D eigenvalue weighted by Crippen LogP contribution is -2.16. The van der Waals surface area contributed by atoms with Crippen LogP contribution in [0.5, 0.6) is 0 Å². The van der Waals surface area contributed by atoms with E-state index >= 15 is 0 Å². The average molecular weight is 206 g/mol. The molecule has 1 unspecified atom stereocenters. The number of benzene rings is 1. The van der Waals surface area contributed by atoms with Gasteiger partial charge in [-0.25, -0.2) is 0 Å². The highest BCUT2D eigenvalue weighted by Gasteiger charge is 2.32. The molecule has 1 aliphatic rings. The van der Waals surface area contributed by atoms with Crippen LogP contribution in [-0.2, 0) is 11.3 Å². The van der Waals surface area contributed by atoms with Crippen LogP contribution in [0.1, 0.15) is 30.4 Å². The van der Waals surface area contributed by atoms with E-state index in [4.69, 9.17) is 16.9 Å². The first kappa shape index (κ1) is 9.55. The number of hydrogen-bond acceptors (Lipinski definition) is 1. The zero-order chi connectivity index (χ0) is 10.0. The monoisotopic (exact) mass is 205 g/mol. The van der Waals surface area contributed by atoms with Gasteiger partial charge in [0.05, 0.1) is 6.07 Å². The van der Waals surface area contributed by atoms with Crippen molar-refractivity contribution in [3.8, 4) is 6.07 Å². The summed E-state index contributed by atoms with van der Waals surface area (Å²) in [6.45, 7) is 0. The van der Waals surface area contributed by atoms with Gasteiger partial charge in [0.2, 0.25) is 0 Å². The molecule has 0 fully saturated rings. The highest BCUT2D eigenvalue weighted by Crippen LogP contribution is 2.38. The number of rotatable bonds is 0. The molecule has 1 aromatic rings. The van der Waals surface area contributed by atoms with Crippen LogP contribution in [0.25, 0.3) is 0 Å². The fourth-order valence-corrected chi connectivity index (χ4v) is 2.38. The first-order chi connectivity index (χ1) is 6.76. The standard InChI is InChI=1S/C12H12ClN/c13-12(9-14)8-4-3-6-10-5-1-2-7-11(10)12/h1-2,5,7H,3-4,6,8H2. The van der Waals surface area contributed by atoms with Gasteiger partial charge in [-0.05, 0) is 36.8 Å². The summed E-state index contributed by atoms with van der Waals surface area (Å²) in [5.74, 6) is 0. The number of nitriles is 1. The van der Waals surface area contributed by atoms with E-state index in [1.807, 2.05) is 18.2 Å². The van der Waals surface area contributed by atoms with Gasteiger partial charge in [0.15, 0.2) is 4.87 Å². The van der Waals surface area contributed by atoms with Crippen molar-refractivity contribution in [2.75, 3.05) is 0 Å². The second-order valence-corrected chi connectivity index (χ2v) is 4.42. The van der Waals surface area contributed by atoms with Crippen LogP contribution in [0.15, 0.2) is 24.3 Å². The molecule has 0 radical (unpaired) electrons. The molecule has 1 aliphatic carbocycles. The van der Waals surface area contributed by atoms with Gasteiger partial charge in [-0.15, -0.1) is 0 Å². The maximum absolute atomic E-state index is 9.14. The van der Waals surface area contributed by atoms with Crippen molar-refractivity contribution in [2.45, 2.75) is 30.6 Å². The van der Waals surface area contributed by atoms with Crippen molar-refractivity contribution < 1.29 is 0 Å². The highest BCUT2D eigenvalue weighted by molar-refractivity contribution is 6.26. The molecule has 0 amide bonds. The van der Waals surface area contributed by atoms with Gasteiger partial charge < -0.3 is 0 Å². The zero-order valence-electron chi connectivity index (χ0n) is 7.96. The number of hydrogen-bond donors (Lipinski definition) is 0. The van der Waals surface area contributed by atoms with E-state index in [9.17, 15) is 0 Å². The van der Waals surface area contributed by atoms with Crippen LogP contribution in [-0.4, -0.2) is 0 Å². The van der Waals surface area contributed by atoms with Gasteiger partial charge in [0, 0.05) is 0 Å². The largest absolute Gasteiger partial charge is 0.196 e. The predicted molar refractivity (Wildman–Crippen MR) is 57.1 cm³/mol. The van der Waals surface area contributed by atoms with Crippen LogP contribution in [0.2, 0.25) is 0 Å². The third kappa shape index (κ3) is 1.51. The summed E-state index contributed by atoms with van der Waals surface area (Å²) in [7, 11) is 0. The van der Waals surface area contributed by atoms with Gasteiger partial charge >= 0.3 is 0 Å². The number of nitrogens with zero attached hydrogens (tertiary/aromatic N) is 1. The summed E-state index contributed by atoms with van der Waals surface area (Å²) < 4.78 is 0. The second kappa shape index (κ2) is 3.63. The Labute approximate surface area is 89.3 Å². The zero-order valence-corrected chi connectivity index (χ0v) is 8.72. The fourth-order valence-electron chi connectivity index (χ4n) is 2.06. The van der Waals surface area contributed by atoms with Crippen LogP contribution in [0, 0.1) is 11.3 Å². The summed E-state index contributed by atoms with van der Waals surface area (Å²) in [5.41, 5.74) is 2.25. The van der Waals surface area contributed by atoms with E-state index in [0.29, 0.717) is 0 Å². The Morgan fingerprint density at radius 2 is 2.07 bits per heavy atom. The molecular weight excluding hydrogens is 194 g/mol. The lowest BCUT2D eigenvalue weighted by molar-refractivity contribution is 0.634. The molecule has 2 rings (SSSR count).